The molecular weight excluding hydrogens is 318 g/mol. The molecule has 1 heterocycles. The molecule has 0 unspecified atom stereocenters. The maximum absolute atomic E-state index is 11.7. The van der Waals surface area contributed by atoms with Crippen LogP contribution < -0.4 is 10.1 Å². The van der Waals surface area contributed by atoms with Crippen LogP contribution in [-0.4, -0.2) is 37.5 Å². The van der Waals surface area contributed by atoms with Crippen LogP contribution in [0.4, 0.5) is 0 Å². The summed E-state index contributed by atoms with van der Waals surface area (Å²) in [6, 6.07) is 5.66. The first kappa shape index (κ1) is 16.8. The third-order valence-corrected chi connectivity index (χ3v) is 3.79. The molecule has 23 heavy (non-hydrogen) atoms. The number of hydrogen-bond donors (Lipinski definition) is 1. The summed E-state index contributed by atoms with van der Waals surface area (Å²) in [5.41, 5.74) is 1.76. The van der Waals surface area contributed by atoms with Crippen molar-refractivity contribution >= 4 is 35.0 Å². The first-order valence-electron chi connectivity index (χ1n) is 6.58. The molecule has 1 fully saturated rings. The monoisotopic (exact) mass is 333 g/mol. The number of carbonyl (C=O) groups excluding carboxylic acids is 2. The van der Waals surface area contributed by atoms with Crippen LogP contribution in [0.15, 0.2) is 39.4 Å². The first-order chi connectivity index (χ1) is 11.0. The van der Waals surface area contributed by atoms with Gasteiger partial charge in [0, 0.05) is 11.6 Å². The molecule has 0 bridgehead atoms. The van der Waals surface area contributed by atoms with E-state index in [0.717, 1.165) is 29.0 Å². The van der Waals surface area contributed by atoms with Crippen LogP contribution in [0.3, 0.4) is 0 Å². The molecule has 1 aliphatic heterocycles. The Morgan fingerprint density at radius 1 is 1.35 bits per heavy atom. The maximum atomic E-state index is 11.7. The van der Waals surface area contributed by atoms with Crippen molar-refractivity contribution in [1.29, 1.82) is 0 Å². The zero-order valence-electron chi connectivity index (χ0n) is 12.8. The summed E-state index contributed by atoms with van der Waals surface area (Å²) in [6.07, 6.45) is 2.64. The normalized spacial score (nSPS) is 17.8. The lowest BCUT2D eigenvalue weighted by Gasteiger charge is -2.06. The molecule has 0 aromatic heterocycles. The van der Waals surface area contributed by atoms with E-state index in [-0.39, 0.29) is 10.1 Å². The van der Waals surface area contributed by atoms with Crippen LogP contribution >= 0.6 is 11.8 Å². The Morgan fingerprint density at radius 3 is 2.83 bits per heavy atom. The molecule has 0 radical (unpaired) electrons. The van der Waals surface area contributed by atoms with Crippen molar-refractivity contribution < 1.29 is 19.1 Å². The van der Waals surface area contributed by atoms with Gasteiger partial charge in [-0.1, -0.05) is 12.1 Å². The standard InChI is InChI=1S/C15H15N3O4S/c1-9-5-4-6-10(13(9)22-3)8-16-18-15-17-14(20)11(23-15)7-12(19)21-2/h4-8H,1-3H3,(H,17,18,20)/b11-7+,16-8?. The minimum absolute atomic E-state index is 0.207. The molecule has 8 heteroatoms. The van der Waals surface area contributed by atoms with Crippen LogP contribution in [0, 0.1) is 6.92 Å². The second kappa shape index (κ2) is 7.59. The Bertz CT molecular complexity index is 725. The number of nitrogens with one attached hydrogen (secondary N) is 1. The SMILES string of the molecule is COC(=O)/C=C1/S/C(=N\N=Cc2cccc(C)c2OC)NC1=O. The molecule has 0 spiro atoms. The highest BCUT2D eigenvalue weighted by Gasteiger charge is 2.24. The van der Waals surface area contributed by atoms with Crippen molar-refractivity contribution in [2.24, 2.45) is 10.2 Å². The number of amidine groups is 1. The van der Waals surface area contributed by atoms with E-state index in [1.165, 1.54) is 13.3 Å². The molecular formula is C15H15N3O4S. The van der Waals surface area contributed by atoms with Crippen molar-refractivity contribution in [1.82, 2.24) is 5.32 Å². The van der Waals surface area contributed by atoms with Gasteiger partial charge >= 0.3 is 5.97 Å². The average Bonchev–Trinajstić information content (AvgIpc) is 2.87. The topological polar surface area (TPSA) is 89.3 Å². The fraction of sp³-hybridized carbons (Fsp3) is 0.200. The Balaban J connectivity index is 2.13. The average molecular weight is 333 g/mol. The lowest BCUT2D eigenvalue weighted by molar-refractivity contribution is -0.135. The van der Waals surface area contributed by atoms with E-state index < -0.39 is 11.9 Å². The summed E-state index contributed by atoms with van der Waals surface area (Å²) in [5.74, 6) is -0.301. The lowest BCUT2D eigenvalue weighted by atomic mass is 10.1. The van der Waals surface area contributed by atoms with Gasteiger partial charge in [0.2, 0.25) is 0 Å². The number of hydrogen-bond acceptors (Lipinski definition) is 7. The number of methoxy groups -OCH3 is 2. The van der Waals surface area contributed by atoms with E-state index in [2.05, 4.69) is 20.3 Å². The molecule has 2 rings (SSSR count). The summed E-state index contributed by atoms with van der Waals surface area (Å²) in [5, 5.41) is 10.7. The number of ether oxygens (including phenoxy) is 2. The Morgan fingerprint density at radius 2 is 2.13 bits per heavy atom. The Hall–Kier alpha value is -2.61. The van der Waals surface area contributed by atoms with Crippen LogP contribution in [0.25, 0.3) is 0 Å². The van der Waals surface area contributed by atoms with Gasteiger partial charge in [-0.05, 0) is 30.3 Å². The number of esters is 1. The van der Waals surface area contributed by atoms with Crippen molar-refractivity contribution in [3.05, 3.63) is 40.3 Å². The summed E-state index contributed by atoms with van der Waals surface area (Å²) in [7, 11) is 2.83. The zero-order valence-corrected chi connectivity index (χ0v) is 13.6. The second-order valence-electron chi connectivity index (χ2n) is 4.44. The molecule has 1 aliphatic rings. The van der Waals surface area contributed by atoms with Crippen LogP contribution in [0.1, 0.15) is 11.1 Å². The summed E-state index contributed by atoms with van der Waals surface area (Å²) < 4.78 is 9.79. The molecule has 0 saturated carbocycles. The van der Waals surface area contributed by atoms with Crippen molar-refractivity contribution in [3.8, 4) is 5.75 Å². The minimum atomic E-state index is -0.600. The van der Waals surface area contributed by atoms with E-state index in [1.807, 2.05) is 25.1 Å². The quantitative estimate of drug-likeness (QED) is 0.391. The lowest BCUT2D eigenvalue weighted by Crippen LogP contribution is -2.19. The minimum Gasteiger partial charge on any atom is -0.496 e. The highest BCUT2D eigenvalue weighted by molar-refractivity contribution is 8.18. The van der Waals surface area contributed by atoms with Gasteiger partial charge < -0.3 is 9.47 Å². The van der Waals surface area contributed by atoms with E-state index in [0.29, 0.717) is 5.75 Å². The number of aryl methyl sites for hydroxylation is 1. The Labute approximate surface area is 137 Å². The molecule has 1 aromatic carbocycles. The first-order valence-corrected chi connectivity index (χ1v) is 7.40. The van der Waals surface area contributed by atoms with Crippen LogP contribution in [0.5, 0.6) is 5.75 Å². The number of para-hydroxylation sites is 1. The van der Waals surface area contributed by atoms with Crippen molar-refractivity contribution in [3.63, 3.8) is 0 Å². The summed E-state index contributed by atoms with van der Waals surface area (Å²) >= 11 is 1.02. The fourth-order valence-corrected chi connectivity index (χ4v) is 2.58. The third-order valence-electron chi connectivity index (χ3n) is 2.89. The van der Waals surface area contributed by atoms with Crippen molar-refractivity contribution in [2.75, 3.05) is 14.2 Å². The molecule has 120 valence electrons. The van der Waals surface area contributed by atoms with Gasteiger partial charge in [0.05, 0.1) is 25.3 Å². The third kappa shape index (κ3) is 4.19. The van der Waals surface area contributed by atoms with Gasteiger partial charge in [-0.2, -0.15) is 5.10 Å². The predicted molar refractivity (Wildman–Crippen MR) is 88.6 cm³/mol. The molecule has 1 N–H and O–H groups in total. The zero-order chi connectivity index (χ0) is 16.8. The smallest absolute Gasteiger partial charge is 0.331 e. The summed E-state index contributed by atoms with van der Waals surface area (Å²) in [4.78, 5) is 23.0. The summed E-state index contributed by atoms with van der Waals surface area (Å²) in [6.45, 7) is 1.93. The molecule has 1 saturated heterocycles. The number of thioether (sulfide) groups is 1. The van der Waals surface area contributed by atoms with Gasteiger partial charge in [-0.25, -0.2) is 4.79 Å². The number of amides is 1. The number of rotatable bonds is 4. The number of carbonyl (C=O) groups is 2. The molecule has 7 nitrogen and oxygen atoms in total. The highest BCUT2D eigenvalue weighted by Crippen LogP contribution is 2.24. The van der Waals surface area contributed by atoms with Gasteiger partial charge in [0.1, 0.15) is 5.75 Å². The Kier molecular flexibility index (Phi) is 5.53. The van der Waals surface area contributed by atoms with Gasteiger partial charge in [-0.15, -0.1) is 5.10 Å². The van der Waals surface area contributed by atoms with Crippen LogP contribution in [-0.2, 0) is 14.3 Å². The predicted octanol–water partition coefficient (Wildman–Crippen LogP) is 1.61. The van der Waals surface area contributed by atoms with Crippen LogP contribution in [0.2, 0.25) is 0 Å². The van der Waals surface area contributed by atoms with Crippen molar-refractivity contribution in [2.45, 2.75) is 6.92 Å². The largest absolute Gasteiger partial charge is 0.496 e. The molecule has 0 aliphatic carbocycles. The molecule has 1 aromatic rings. The fourth-order valence-electron chi connectivity index (χ4n) is 1.84. The number of benzene rings is 1. The second-order valence-corrected chi connectivity index (χ2v) is 5.47. The highest BCUT2D eigenvalue weighted by atomic mass is 32.2. The van der Waals surface area contributed by atoms with Gasteiger partial charge in [-0.3, -0.25) is 10.1 Å². The number of nitrogens with zero attached hydrogens (tertiary/aromatic N) is 2. The van der Waals surface area contributed by atoms with E-state index >= 15 is 0 Å². The van der Waals surface area contributed by atoms with Gasteiger partial charge in [0.15, 0.2) is 5.17 Å². The van der Waals surface area contributed by atoms with E-state index in [4.69, 9.17) is 4.74 Å². The van der Waals surface area contributed by atoms with E-state index in [1.54, 1.807) is 7.11 Å². The van der Waals surface area contributed by atoms with Gasteiger partial charge in [0.25, 0.3) is 5.91 Å². The maximum Gasteiger partial charge on any atom is 0.331 e. The molecule has 0 atom stereocenters. The van der Waals surface area contributed by atoms with E-state index in [9.17, 15) is 9.59 Å². The molecule has 1 amide bonds.